The Balaban J connectivity index is 0.00000364. The zero-order valence-electron chi connectivity index (χ0n) is 16.5. The Kier molecular flexibility index (Phi) is 11.2. The van der Waals surface area contributed by atoms with Gasteiger partial charge in [-0.15, -0.1) is 35.3 Å². The fraction of sp³-hybridized carbons (Fsp3) is 0.450. The lowest BCUT2D eigenvalue weighted by Gasteiger charge is -2.20. The van der Waals surface area contributed by atoms with Gasteiger partial charge in [0.25, 0.3) is 0 Å². The van der Waals surface area contributed by atoms with Crippen LogP contribution in [-0.2, 0) is 6.42 Å². The third kappa shape index (κ3) is 7.57. The van der Waals surface area contributed by atoms with Crippen molar-refractivity contribution in [3.05, 3.63) is 46.2 Å². The van der Waals surface area contributed by atoms with Crippen molar-refractivity contribution in [2.45, 2.75) is 33.2 Å². The molecule has 1 heterocycles. The molecule has 1 aromatic carbocycles. The van der Waals surface area contributed by atoms with Crippen molar-refractivity contribution in [2.75, 3.05) is 26.8 Å². The maximum Gasteiger partial charge on any atom is 0.191 e. The number of aliphatic imine (C=N–C) groups is 1. The zero-order chi connectivity index (χ0) is 18.8. The molecule has 27 heavy (non-hydrogen) atoms. The Morgan fingerprint density at radius 1 is 1.15 bits per heavy atom. The maximum absolute atomic E-state index is 5.72. The first-order valence-electron chi connectivity index (χ1n) is 9.07. The highest BCUT2D eigenvalue weighted by Gasteiger charge is 2.12. The molecule has 1 unspecified atom stereocenters. The summed E-state index contributed by atoms with van der Waals surface area (Å²) in [5.74, 6) is 2.35. The summed E-state index contributed by atoms with van der Waals surface area (Å²) in [7, 11) is 1.79. The van der Waals surface area contributed by atoms with Crippen LogP contribution >= 0.6 is 35.3 Å². The Morgan fingerprint density at radius 3 is 2.52 bits per heavy atom. The van der Waals surface area contributed by atoms with Crippen LogP contribution in [0.25, 0.3) is 0 Å². The summed E-state index contributed by atoms with van der Waals surface area (Å²) >= 11 is 1.78. The Morgan fingerprint density at radius 2 is 1.89 bits per heavy atom. The Labute approximate surface area is 183 Å². The molecule has 1 aromatic heterocycles. The Bertz CT molecular complexity index is 693. The molecule has 0 aliphatic rings. The van der Waals surface area contributed by atoms with Gasteiger partial charge in [-0.2, -0.15) is 0 Å². The number of hydrogen-bond acceptors (Lipinski definition) is 4. The number of benzene rings is 1. The van der Waals surface area contributed by atoms with Crippen LogP contribution in [0.3, 0.4) is 0 Å². The molecular weight excluding hydrogens is 473 g/mol. The minimum atomic E-state index is 0. The molecule has 0 amide bonds. The number of nitrogens with zero attached hydrogens (tertiary/aromatic N) is 1. The lowest BCUT2D eigenvalue weighted by Crippen LogP contribution is -2.39. The van der Waals surface area contributed by atoms with Crippen LogP contribution in [0.5, 0.6) is 11.5 Å². The van der Waals surface area contributed by atoms with E-state index in [1.54, 1.807) is 18.4 Å². The molecule has 0 radical (unpaired) electrons. The molecule has 2 N–H and O–H groups in total. The highest BCUT2D eigenvalue weighted by molar-refractivity contribution is 14.0. The molecule has 0 aliphatic carbocycles. The lowest BCUT2D eigenvalue weighted by atomic mass is 10.1. The SMILES string of the molecule is CCOc1ccc(C(C)NC(=NC)NCCc2cccs2)cc1OCC.I. The van der Waals surface area contributed by atoms with Gasteiger partial charge in [-0.25, -0.2) is 0 Å². The van der Waals surface area contributed by atoms with E-state index >= 15 is 0 Å². The van der Waals surface area contributed by atoms with Crippen molar-refractivity contribution in [1.29, 1.82) is 0 Å². The van der Waals surface area contributed by atoms with E-state index in [9.17, 15) is 0 Å². The molecule has 0 saturated heterocycles. The third-order valence-electron chi connectivity index (χ3n) is 3.89. The van der Waals surface area contributed by atoms with Crippen LogP contribution in [0.15, 0.2) is 40.7 Å². The number of hydrogen-bond donors (Lipinski definition) is 2. The van der Waals surface area contributed by atoms with Gasteiger partial charge in [-0.3, -0.25) is 4.99 Å². The van der Waals surface area contributed by atoms with Crippen LogP contribution in [0.1, 0.15) is 37.3 Å². The van der Waals surface area contributed by atoms with Crippen molar-refractivity contribution < 1.29 is 9.47 Å². The fourth-order valence-corrected chi connectivity index (χ4v) is 3.29. The molecule has 0 saturated carbocycles. The third-order valence-corrected chi connectivity index (χ3v) is 4.82. The molecule has 2 rings (SSSR count). The highest BCUT2D eigenvalue weighted by atomic mass is 127. The zero-order valence-corrected chi connectivity index (χ0v) is 19.6. The van der Waals surface area contributed by atoms with Gasteiger partial charge in [0, 0.05) is 18.5 Å². The molecule has 0 spiro atoms. The van der Waals surface area contributed by atoms with Crippen molar-refractivity contribution in [3.8, 4) is 11.5 Å². The van der Waals surface area contributed by atoms with Crippen molar-refractivity contribution >= 4 is 41.3 Å². The molecule has 1 atom stereocenters. The molecule has 5 nitrogen and oxygen atoms in total. The fourth-order valence-electron chi connectivity index (χ4n) is 2.58. The first-order chi connectivity index (χ1) is 12.7. The van der Waals surface area contributed by atoms with E-state index < -0.39 is 0 Å². The van der Waals surface area contributed by atoms with E-state index in [2.05, 4.69) is 46.1 Å². The summed E-state index contributed by atoms with van der Waals surface area (Å²) in [6, 6.07) is 10.4. The second-order valence-corrected chi connectivity index (χ2v) is 6.80. The molecule has 0 fully saturated rings. The standard InChI is InChI=1S/C20H29N3O2S.HI/c1-5-24-18-10-9-16(14-19(18)25-6-2)15(3)23-20(21-4)22-12-11-17-8-7-13-26-17;/h7-10,13-15H,5-6,11-12H2,1-4H3,(H2,21,22,23);1H. The number of rotatable bonds is 9. The minimum Gasteiger partial charge on any atom is -0.490 e. The summed E-state index contributed by atoms with van der Waals surface area (Å²) in [6.07, 6.45) is 0.990. The van der Waals surface area contributed by atoms with Crippen molar-refractivity contribution in [1.82, 2.24) is 10.6 Å². The molecule has 150 valence electrons. The van der Waals surface area contributed by atoms with Gasteiger partial charge in [0.05, 0.1) is 19.3 Å². The number of thiophene rings is 1. The van der Waals surface area contributed by atoms with E-state index in [1.165, 1.54) is 4.88 Å². The van der Waals surface area contributed by atoms with Gasteiger partial charge in [0.2, 0.25) is 0 Å². The van der Waals surface area contributed by atoms with E-state index in [0.717, 1.165) is 36.0 Å². The number of nitrogens with one attached hydrogen (secondary N) is 2. The molecule has 0 aliphatic heterocycles. The van der Waals surface area contributed by atoms with E-state index in [-0.39, 0.29) is 30.0 Å². The predicted molar refractivity (Wildman–Crippen MR) is 125 cm³/mol. The monoisotopic (exact) mass is 503 g/mol. The van der Waals surface area contributed by atoms with Crippen LogP contribution in [0.4, 0.5) is 0 Å². The minimum absolute atomic E-state index is 0. The van der Waals surface area contributed by atoms with Crippen LogP contribution < -0.4 is 20.1 Å². The molecule has 2 aromatic rings. The quantitative estimate of drug-likeness (QED) is 0.298. The topological polar surface area (TPSA) is 54.9 Å². The van der Waals surface area contributed by atoms with Gasteiger partial charge in [-0.05, 0) is 56.3 Å². The average Bonchev–Trinajstić information content (AvgIpc) is 3.16. The van der Waals surface area contributed by atoms with Crippen molar-refractivity contribution in [3.63, 3.8) is 0 Å². The summed E-state index contributed by atoms with van der Waals surface area (Å²) < 4.78 is 11.4. The van der Waals surface area contributed by atoms with Crippen LogP contribution in [0.2, 0.25) is 0 Å². The van der Waals surface area contributed by atoms with Gasteiger partial charge < -0.3 is 20.1 Å². The van der Waals surface area contributed by atoms with Crippen LogP contribution in [-0.4, -0.2) is 32.8 Å². The number of ether oxygens (including phenoxy) is 2. The number of guanidine groups is 1. The summed E-state index contributed by atoms with van der Waals surface area (Å²) in [5, 5.41) is 8.90. The van der Waals surface area contributed by atoms with Crippen molar-refractivity contribution in [2.24, 2.45) is 4.99 Å². The maximum atomic E-state index is 5.72. The normalized spacial score (nSPS) is 12.1. The van der Waals surface area contributed by atoms with E-state index in [4.69, 9.17) is 9.47 Å². The molecular formula is C20H30IN3O2S. The Hall–Kier alpha value is -1.48. The summed E-state index contributed by atoms with van der Waals surface area (Å²) in [4.78, 5) is 5.69. The second kappa shape index (κ2) is 12.8. The molecule has 7 heteroatoms. The predicted octanol–water partition coefficient (Wildman–Crippen LogP) is 4.63. The summed E-state index contributed by atoms with van der Waals surface area (Å²) in [5.41, 5.74) is 1.12. The highest BCUT2D eigenvalue weighted by Crippen LogP contribution is 2.30. The van der Waals surface area contributed by atoms with E-state index in [0.29, 0.717) is 13.2 Å². The van der Waals surface area contributed by atoms with Gasteiger partial charge in [-0.1, -0.05) is 12.1 Å². The van der Waals surface area contributed by atoms with Gasteiger partial charge in [0.15, 0.2) is 17.5 Å². The molecule has 0 bridgehead atoms. The summed E-state index contributed by atoms with van der Waals surface area (Å²) in [6.45, 7) is 8.13. The average molecular weight is 503 g/mol. The van der Waals surface area contributed by atoms with Gasteiger partial charge >= 0.3 is 0 Å². The van der Waals surface area contributed by atoms with Crippen LogP contribution in [0, 0.1) is 0 Å². The number of halogens is 1. The lowest BCUT2D eigenvalue weighted by molar-refractivity contribution is 0.287. The first-order valence-corrected chi connectivity index (χ1v) is 9.95. The largest absolute Gasteiger partial charge is 0.490 e. The van der Waals surface area contributed by atoms with E-state index in [1.807, 2.05) is 26.0 Å². The second-order valence-electron chi connectivity index (χ2n) is 5.77. The first kappa shape index (κ1) is 23.6. The van der Waals surface area contributed by atoms with Gasteiger partial charge in [0.1, 0.15) is 0 Å². The smallest absolute Gasteiger partial charge is 0.191 e.